The van der Waals surface area contributed by atoms with Crippen molar-refractivity contribution in [2.75, 3.05) is 0 Å². The summed E-state index contributed by atoms with van der Waals surface area (Å²) in [4.78, 5) is 0. The second-order valence-electron chi connectivity index (χ2n) is 6.34. The van der Waals surface area contributed by atoms with Gasteiger partial charge < -0.3 is 15.3 Å². The van der Waals surface area contributed by atoms with Crippen LogP contribution in [0.3, 0.4) is 0 Å². The summed E-state index contributed by atoms with van der Waals surface area (Å²) in [6.07, 6.45) is 0. The average molecular weight is 301 g/mol. The SMILES string of the molecule is CC(C)(C)[O-].CC(C)(C)[O-].CC(C)(C)[O-].[Na+].[Ni+2]. The fourth-order valence-electron chi connectivity index (χ4n) is 0. The molecule has 0 saturated heterocycles. The molecule has 0 fully saturated rings. The van der Waals surface area contributed by atoms with Gasteiger partial charge in [-0.15, -0.1) is 16.8 Å². The van der Waals surface area contributed by atoms with Crippen LogP contribution in [0.15, 0.2) is 0 Å². The minimum atomic E-state index is -0.750. The topological polar surface area (TPSA) is 69.2 Å². The van der Waals surface area contributed by atoms with Crippen LogP contribution in [0.4, 0.5) is 0 Å². The number of hydrogen-bond donors (Lipinski definition) is 0. The van der Waals surface area contributed by atoms with E-state index in [9.17, 15) is 15.3 Å². The molecule has 0 aliphatic carbocycles. The maximum Gasteiger partial charge on any atom is 2.00 e. The van der Waals surface area contributed by atoms with Gasteiger partial charge >= 0.3 is 46.0 Å². The van der Waals surface area contributed by atoms with Crippen molar-refractivity contribution in [3.63, 3.8) is 0 Å². The Morgan fingerprint density at radius 3 is 0.471 bits per heavy atom. The van der Waals surface area contributed by atoms with Crippen molar-refractivity contribution in [3.05, 3.63) is 0 Å². The van der Waals surface area contributed by atoms with Gasteiger partial charge in [-0.2, -0.15) is 0 Å². The minimum absolute atomic E-state index is 0. The largest absolute Gasteiger partial charge is 2.00 e. The smallest absolute Gasteiger partial charge is 0.850 e. The molecule has 0 aromatic rings. The second kappa shape index (κ2) is 12.4. The second-order valence-corrected chi connectivity index (χ2v) is 6.34. The standard InChI is InChI=1S/3C4H9O.Na.Ni/c3*1-4(2,3)5;;/h3*1-3H3;;/q3*-1;+1;+2. The summed E-state index contributed by atoms with van der Waals surface area (Å²) < 4.78 is 0. The molecule has 0 bridgehead atoms. The molecule has 0 unspecified atom stereocenters. The minimum Gasteiger partial charge on any atom is -0.850 e. The molecular formula is C12H27NaNiO3. The zero-order valence-electron chi connectivity index (χ0n) is 13.0. The van der Waals surface area contributed by atoms with Gasteiger partial charge in [0.25, 0.3) is 0 Å². The zero-order valence-corrected chi connectivity index (χ0v) is 16.0. The van der Waals surface area contributed by atoms with Gasteiger partial charge in [-0.1, -0.05) is 62.3 Å². The Balaban J connectivity index is -0.0000000400. The molecule has 0 aliphatic rings. The average Bonchev–Trinajstić information content (AvgIpc) is 1.41. The molecule has 0 spiro atoms. The van der Waals surface area contributed by atoms with Crippen LogP contribution in [0.2, 0.25) is 0 Å². The molecule has 0 aromatic heterocycles. The van der Waals surface area contributed by atoms with E-state index in [4.69, 9.17) is 0 Å². The van der Waals surface area contributed by atoms with E-state index in [0.717, 1.165) is 0 Å². The van der Waals surface area contributed by atoms with Gasteiger partial charge in [0.1, 0.15) is 0 Å². The Kier molecular flexibility index (Phi) is 22.6. The first-order valence-electron chi connectivity index (χ1n) is 5.11. The van der Waals surface area contributed by atoms with Crippen LogP contribution >= 0.6 is 0 Å². The van der Waals surface area contributed by atoms with Crippen LogP contribution in [0.25, 0.3) is 0 Å². The third-order valence-corrected chi connectivity index (χ3v) is 0. The molecule has 0 heterocycles. The van der Waals surface area contributed by atoms with Crippen LogP contribution in [-0.2, 0) is 16.5 Å². The molecule has 104 valence electrons. The van der Waals surface area contributed by atoms with E-state index >= 15 is 0 Å². The summed E-state index contributed by atoms with van der Waals surface area (Å²) in [6.45, 7) is 14.7. The molecule has 3 nitrogen and oxygen atoms in total. The van der Waals surface area contributed by atoms with Crippen molar-refractivity contribution in [2.24, 2.45) is 0 Å². The van der Waals surface area contributed by atoms with E-state index in [1.54, 1.807) is 62.3 Å². The summed E-state index contributed by atoms with van der Waals surface area (Å²) in [6, 6.07) is 0. The van der Waals surface area contributed by atoms with Gasteiger partial charge in [0, 0.05) is 0 Å². The summed E-state index contributed by atoms with van der Waals surface area (Å²) in [5, 5.41) is 30.3. The predicted octanol–water partition coefficient (Wildman–Crippen LogP) is -2.56. The van der Waals surface area contributed by atoms with Crippen molar-refractivity contribution in [2.45, 2.75) is 79.1 Å². The van der Waals surface area contributed by atoms with E-state index in [-0.39, 0.29) is 46.0 Å². The fourth-order valence-corrected chi connectivity index (χ4v) is 0. The molecule has 0 radical (unpaired) electrons. The van der Waals surface area contributed by atoms with Gasteiger partial charge in [-0.3, -0.25) is 0 Å². The maximum absolute atomic E-state index is 10.1. The van der Waals surface area contributed by atoms with E-state index in [0.29, 0.717) is 0 Å². The molecule has 0 aliphatic heterocycles. The molecule has 0 amide bonds. The molecule has 5 heteroatoms. The van der Waals surface area contributed by atoms with Gasteiger partial charge in [0.2, 0.25) is 0 Å². The first kappa shape index (κ1) is 31.0. The van der Waals surface area contributed by atoms with Crippen molar-refractivity contribution in [1.82, 2.24) is 0 Å². The van der Waals surface area contributed by atoms with Crippen LogP contribution in [0.1, 0.15) is 62.3 Å². The van der Waals surface area contributed by atoms with Gasteiger partial charge in [-0.05, 0) is 0 Å². The Labute approximate surface area is 140 Å². The van der Waals surface area contributed by atoms with Crippen molar-refractivity contribution >= 4 is 0 Å². The Bertz CT molecular complexity index is 96.8. The summed E-state index contributed by atoms with van der Waals surface area (Å²) in [5.74, 6) is 0. The third-order valence-electron chi connectivity index (χ3n) is 0. The van der Waals surface area contributed by atoms with Gasteiger partial charge in [0.05, 0.1) is 0 Å². The first-order valence-corrected chi connectivity index (χ1v) is 5.11. The van der Waals surface area contributed by atoms with Crippen LogP contribution in [-0.4, -0.2) is 16.8 Å². The molecule has 0 aromatic carbocycles. The maximum atomic E-state index is 10.1. The quantitative estimate of drug-likeness (QED) is 0.462. The van der Waals surface area contributed by atoms with Crippen molar-refractivity contribution in [3.8, 4) is 0 Å². The molecule has 17 heavy (non-hydrogen) atoms. The zero-order chi connectivity index (χ0) is 13.5. The molecular weight excluding hydrogens is 274 g/mol. The Morgan fingerprint density at radius 2 is 0.471 bits per heavy atom. The molecule has 0 atom stereocenters. The summed E-state index contributed by atoms with van der Waals surface area (Å²) in [7, 11) is 0. The Hall–Kier alpha value is 1.37. The third kappa shape index (κ3) is 2180. The van der Waals surface area contributed by atoms with E-state index in [2.05, 4.69) is 0 Å². The van der Waals surface area contributed by atoms with Crippen molar-refractivity contribution in [1.29, 1.82) is 0 Å². The van der Waals surface area contributed by atoms with E-state index < -0.39 is 16.8 Å². The predicted molar refractivity (Wildman–Crippen MR) is 59.3 cm³/mol. The Morgan fingerprint density at radius 1 is 0.471 bits per heavy atom. The molecule has 0 saturated carbocycles. The molecule has 0 rings (SSSR count). The van der Waals surface area contributed by atoms with Gasteiger partial charge in [0.15, 0.2) is 0 Å². The number of hydrogen-bond acceptors (Lipinski definition) is 3. The number of rotatable bonds is 0. The van der Waals surface area contributed by atoms with Crippen molar-refractivity contribution < 1.29 is 61.4 Å². The van der Waals surface area contributed by atoms with E-state index in [1.165, 1.54) is 0 Å². The summed E-state index contributed by atoms with van der Waals surface area (Å²) >= 11 is 0. The molecule has 0 N–H and O–H groups in total. The monoisotopic (exact) mass is 300 g/mol. The first-order chi connectivity index (χ1) is 6.00. The normalized spacial score (nSPS) is 10.6. The van der Waals surface area contributed by atoms with Crippen LogP contribution in [0.5, 0.6) is 0 Å². The van der Waals surface area contributed by atoms with Crippen LogP contribution < -0.4 is 44.9 Å². The fraction of sp³-hybridized carbons (Fsp3) is 1.00. The van der Waals surface area contributed by atoms with E-state index in [1.807, 2.05) is 0 Å². The van der Waals surface area contributed by atoms with Crippen LogP contribution in [0, 0.1) is 0 Å². The summed E-state index contributed by atoms with van der Waals surface area (Å²) in [5.41, 5.74) is -2.25. The van der Waals surface area contributed by atoms with Gasteiger partial charge in [-0.25, -0.2) is 0 Å².